The van der Waals surface area contributed by atoms with Crippen LogP contribution in [-0.2, 0) is 32.2 Å². The SMILES string of the molecule is N[C@@H]1C[C@H](N)[C@@H](OCCCCc2cn(-c3cccc(S(=O)(=O)c4cccc(-n5cc(CCCCO[C@H]6[C@H](O)[C@@H](O)[C@H](N)C[C@@H]6N)nn5)c4)c3)nn2)[C@H](O)[C@H]1O. The van der Waals surface area contributed by atoms with Crippen molar-refractivity contribution in [3.63, 3.8) is 0 Å². The Hall–Kier alpha value is -3.73. The van der Waals surface area contributed by atoms with Gasteiger partial charge >= 0.3 is 0 Å². The quantitative estimate of drug-likeness (QED) is 0.0610. The van der Waals surface area contributed by atoms with Gasteiger partial charge in [-0.1, -0.05) is 22.6 Å². The van der Waals surface area contributed by atoms with Crippen LogP contribution >= 0.6 is 0 Å². The van der Waals surface area contributed by atoms with Gasteiger partial charge in [-0.15, -0.1) is 10.2 Å². The van der Waals surface area contributed by atoms with E-state index in [1.807, 2.05) is 0 Å². The number of nitrogens with zero attached hydrogens (tertiary/aromatic N) is 6. The second-order valence-corrected chi connectivity index (χ2v) is 16.4. The van der Waals surface area contributed by atoms with Gasteiger partial charge in [-0.2, -0.15) is 0 Å². The standard InChI is InChI=1S/C36H52N10O8S/c37-27-17-29(39)35(33(49)31(27)47)53-13-3-1-7-21-19-45(43-41-21)23-9-5-11-25(15-23)55(51,52)26-12-6-10-24(16-26)46-20-22(42-44-46)8-2-4-14-54-36-30(40)18-28(38)32(48)34(36)50/h5-6,9-12,15-16,19-20,27-36,47-50H,1-4,7-8,13-14,17-18,37-40H2/t27-,28-,29+,30+,31+,32+,33-,34-,35-,36-/m1/s1. The maximum atomic E-state index is 13.8. The third-order valence-corrected chi connectivity index (χ3v) is 12.1. The number of aromatic nitrogens is 6. The lowest BCUT2D eigenvalue weighted by molar-refractivity contribution is -0.127. The molecule has 0 saturated heterocycles. The molecular formula is C36H52N10O8S. The van der Waals surface area contributed by atoms with Crippen LogP contribution in [0, 0.1) is 0 Å². The van der Waals surface area contributed by atoms with Gasteiger partial charge in [-0.05, 0) is 87.8 Å². The summed E-state index contributed by atoms with van der Waals surface area (Å²) >= 11 is 0. The van der Waals surface area contributed by atoms with Gasteiger partial charge in [-0.3, -0.25) is 0 Å². The van der Waals surface area contributed by atoms with Gasteiger partial charge in [-0.25, -0.2) is 17.8 Å². The average Bonchev–Trinajstić information content (AvgIpc) is 3.86. The van der Waals surface area contributed by atoms with Gasteiger partial charge in [0.1, 0.15) is 24.4 Å². The van der Waals surface area contributed by atoms with Crippen molar-refractivity contribution < 1.29 is 38.3 Å². The highest BCUT2D eigenvalue weighted by Gasteiger charge is 2.42. The molecule has 0 aliphatic heterocycles. The highest BCUT2D eigenvalue weighted by atomic mass is 32.2. The Balaban J connectivity index is 0.997. The van der Waals surface area contributed by atoms with Crippen LogP contribution < -0.4 is 22.9 Å². The number of sulfone groups is 1. The third-order valence-electron chi connectivity index (χ3n) is 10.3. The lowest BCUT2D eigenvalue weighted by Gasteiger charge is -2.39. The average molecular weight is 785 g/mol. The predicted octanol–water partition coefficient (Wildman–Crippen LogP) is -1.34. The van der Waals surface area contributed by atoms with E-state index in [-0.39, 0.29) is 9.79 Å². The summed E-state index contributed by atoms with van der Waals surface area (Å²) < 4.78 is 42.2. The van der Waals surface area contributed by atoms with E-state index in [2.05, 4.69) is 20.6 Å². The minimum atomic E-state index is -3.92. The molecule has 55 heavy (non-hydrogen) atoms. The molecule has 2 heterocycles. The normalized spacial score (nSPS) is 28.7. The Morgan fingerprint density at radius 3 is 1.45 bits per heavy atom. The predicted molar refractivity (Wildman–Crippen MR) is 199 cm³/mol. The van der Waals surface area contributed by atoms with E-state index >= 15 is 0 Å². The fourth-order valence-electron chi connectivity index (χ4n) is 7.08. The van der Waals surface area contributed by atoms with Crippen molar-refractivity contribution in [2.24, 2.45) is 22.9 Å². The summed E-state index contributed by atoms with van der Waals surface area (Å²) in [5.74, 6) is 0. The van der Waals surface area contributed by atoms with E-state index in [9.17, 15) is 28.8 Å². The number of rotatable bonds is 16. The summed E-state index contributed by atoms with van der Waals surface area (Å²) in [5, 5.41) is 57.6. The van der Waals surface area contributed by atoms with E-state index in [0.29, 0.717) is 74.5 Å². The second-order valence-electron chi connectivity index (χ2n) is 14.5. The molecule has 300 valence electrons. The van der Waals surface area contributed by atoms with E-state index in [4.69, 9.17) is 32.4 Å². The minimum absolute atomic E-state index is 0.0890. The van der Waals surface area contributed by atoms with Crippen LogP contribution in [0.25, 0.3) is 11.4 Å². The zero-order valence-corrected chi connectivity index (χ0v) is 31.3. The number of benzene rings is 2. The molecule has 0 spiro atoms. The first kappa shape index (κ1) is 40.9. The summed E-state index contributed by atoms with van der Waals surface area (Å²) in [5.41, 5.74) is 26.3. The lowest BCUT2D eigenvalue weighted by Crippen LogP contribution is -2.62. The van der Waals surface area contributed by atoms with Crippen LogP contribution in [0.5, 0.6) is 0 Å². The number of aliphatic hydroxyl groups excluding tert-OH is 4. The molecule has 2 fully saturated rings. The molecule has 0 radical (unpaired) electrons. The van der Waals surface area contributed by atoms with Crippen LogP contribution in [0.1, 0.15) is 49.9 Å². The van der Waals surface area contributed by atoms with Crippen molar-refractivity contribution in [1.82, 2.24) is 30.0 Å². The van der Waals surface area contributed by atoms with Crippen LogP contribution in [0.15, 0.2) is 70.7 Å². The number of aliphatic hydroxyl groups is 4. The summed E-state index contributed by atoms with van der Waals surface area (Å²) in [6.07, 6.45) is 2.38. The topological polar surface area (TPSA) is 299 Å². The third kappa shape index (κ3) is 9.63. The zero-order valence-electron chi connectivity index (χ0n) is 30.4. The molecule has 0 bridgehead atoms. The molecule has 0 amide bonds. The summed E-state index contributed by atoms with van der Waals surface area (Å²) in [4.78, 5) is 0.178. The molecular weight excluding hydrogens is 733 g/mol. The van der Waals surface area contributed by atoms with Crippen molar-refractivity contribution in [3.05, 3.63) is 72.3 Å². The Kier molecular flexibility index (Phi) is 13.4. The number of unbranched alkanes of at least 4 members (excludes halogenated alkanes) is 2. The number of aryl methyl sites for hydroxylation is 2. The molecule has 18 nitrogen and oxygen atoms in total. The van der Waals surface area contributed by atoms with Gasteiger partial charge < -0.3 is 52.8 Å². The van der Waals surface area contributed by atoms with E-state index in [1.165, 1.54) is 21.5 Å². The van der Waals surface area contributed by atoms with Crippen LogP contribution in [0.3, 0.4) is 0 Å². The van der Waals surface area contributed by atoms with Gasteiger partial charge in [0.25, 0.3) is 0 Å². The highest BCUT2D eigenvalue weighted by Crippen LogP contribution is 2.26. The summed E-state index contributed by atoms with van der Waals surface area (Å²) in [6.45, 7) is 0.684. The Morgan fingerprint density at radius 2 is 1.04 bits per heavy atom. The molecule has 4 aromatic rings. The van der Waals surface area contributed by atoms with Gasteiger partial charge in [0.15, 0.2) is 0 Å². The van der Waals surface area contributed by atoms with Crippen molar-refractivity contribution in [2.75, 3.05) is 13.2 Å². The zero-order chi connectivity index (χ0) is 39.3. The van der Waals surface area contributed by atoms with Crippen molar-refractivity contribution in [1.29, 1.82) is 0 Å². The molecule has 6 rings (SSSR count). The Labute approximate surface area is 319 Å². The Morgan fingerprint density at radius 1 is 0.618 bits per heavy atom. The van der Waals surface area contributed by atoms with E-state index in [1.54, 1.807) is 48.8 Å². The van der Waals surface area contributed by atoms with Gasteiger partial charge in [0, 0.05) is 37.4 Å². The summed E-state index contributed by atoms with van der Waals surface area (Å²) in [6, 6.07) is 10.9. The summed E-state index contributed by atoms with van der Waals surface area (Å²) in [7, 11) is -3.92. The number of nitrogens with two attached hydrogens (primary N) is 4. The molecule has 2 aromatic heterocycles. The molecule has 10 atom stereocenters. The first-order valence-electron chi connectivity index (χ1n) is 18.6. The minimum Gasteiger partial charge on any atom is -0.389 e. The first-order chi connectivity index (χ1) is 26.3. The molecule has 2 aromatic carbocycles. The van der Waals surface area contributed by atoms with Gasteiger partial charge in [0.2, 0.25) is 9.84 Å². The molecule has 2 aliphatic rings. The number of hydrogen-bond donors (Lipinski definition) is 8. The molecule has 12 N–H and O–H groups in total. The first-order valence-corrected chi connectivity index (χ1v) is 20.1. The molecule has 2 aliphatic carbocycles. The molecule has 0 unspecified atom stereocenters. The molecule has 2 saturated carbocycles. The number of ether oxygens (including phenoxy) is 2. The monoisotopic (exact) mass is 784 g/mol. The highest BCUT2D eigenvalue weighted by molar-refractivity contribution is 7.91. The van der Waals surface area contributed by atoms with E-state index in [0.717, 1.165) is 12.8 Å². The van der Waals surface area contributed by atoms with Crippen LogP contribution in [0.2, 0.25) is 0 Å². The largest absolute Gasteiger partial charge is 0.389 e. The van der Waals surface area contributed by atoms with Crippen LogP contribution in [-0.4, -0.2) is 133 Å². The second kappa shape index (κ2) is 18.0. The number of hydrogen-bond acceptors (Lipinski definition) is 16. The van der Waals surface area contributed by atoms with Crippen LogP contribution in [0.4, 0.5) is 0 Å². The van der Waals surface area contributed by atoms with Crippen molar-refractivity contribution >= 4 is 9.84 Å². The van der Waals surface area contributed by atoms with E-state index < -0.39 is 70.6 Å². The van der Waals surface area contributed by atoms with Gasteiger partial charge in [0.05, 0.1) is 57.2 Å². The van der Waals surface area contributed by atoms with Crippen molar-refractivity contribution in [3.8, 4) is 11.4 Å². The smallest absolute Gasteiger partial charge is 0.206 e. The molecule has 19 heteroatoms. The fraction of sp³-hybridized carbons (Fsp3) is 0.556. The maximum Gasteiger partial charge on any atom is 0.206 e. The Bertz CT molecular complexity index is 1830. The fourth-order valence-corrected chi connectivity index (χ4v) is 8.42. The lowest BCUT2D eigenvalue weighted by atomic mass is 9.85. The maximum absolute atomic E-state index is 13.8. The van der Waals surface area contributed by atoms with Crippen molar-refractivity contribution in [2.45, 2.75) is 122 Å².